The zero-order chi connectivity index (χ0) is 20.9. The van der Waals surface area contributed by atoms with Crippen molar-refractivity contribution in [3.63, 3.8) is 0 Å². The molecule has 0 N–H and O–H groups in total. The van der Waals surface area contributed by atoms with Crippen molar-refractivity contribution >= 4 is 5.91 Å². The molecule has 0 aromatic heterocycles. The summed E-state index contributed by atoms with van der Waals surface area (Å²) in [6.45, 7) is 7.34. The van der Waals surface area contributed by atoms with Crippen molar-refractivity contribution in [2.75, 3.05) is 39.8 Å². The molecule has 4 nitrogen and oxygen atoms in total. The Morgan fingerprint density at radius 1 is 0.967 bits per heavy atom. The van der Waals surface area contributed by atoms with E-state index in [0.29, 0.717) is 18.3 Å². The number of hydrogen-bond acceptors (Lipinski definition) is 3. The fourth-order valence-corrected chi connectivity index (χ4v) is 4.95. The molecule has 30 heavy (non-hydrogen) atoms. The van der Waals surface area contributed by atoms with Crippen molar-refractivity contribution in [2.24, 2.45) is 5.92 Å². The highest BCUT2D eigenvalue weighted by molar-refractivity contribution is 5.79. The Hall–Kier alpha value is -2.33. The van der Waals surface area contributed by atoms with E-state index in [0.717, 1.165) is 30.9 Å². The van der Waals surface area contributed by atoms with Gasteiger partial charge in [-0.05, 0) is 62.0 Å². The van der Waals surface area contributed by atoms with Crippen molar-refractivity contribution in [3.05, 3.63) is 65.2 Å². The van der Waals surface area contributed by atoms with Crippen LogP contribution in [-0.4, -0.2) is 55.5 Å². The number of carbonyl (C=O) groups excluding carboxylic acids is 1. The number of rotatable bonds is 6. The second-order valence-corrected chi connectivity index (χ2v) is 8.96. The SMILES string of the molecule is COc1ccc(CC(=O)N2C[C@@H](CN3CCCCC3)[C@@H](c3ccc(C)cc3)C2)cc1. The predicted molar refractivity (Wildman–Crippen MR) is 121 cm³/mol. The van der Waals surface area contributed by atoms with E-state index in [-0.39, 0.29) is 5.91 Å². The maximum absolute atomic E-state index is 13.1. The van der Waals surface area contributed by atoms with Crippen LogP contribution < -0.4 is 4.74 Å². The topological polar surface area (TPSA) is 32.8 Å². The average molecular weight is 407 g/mol. The van der Waals surface area contributed by atoms with E-state index >= 15 is 0 Å². The summed E-state index contributed by atoms with van der Waals surface area (Å²) in [5.74, 6) is 1.99. The molecular formula is C26H34N2O2. The van der Waals surface area contributed by atoms with Crippen LogP contribution in [0.1, 0.15) is 41.9 Å². The van der Waals surface area contributed by atoms with Gasteiger partial charge in [0.25, 0.3) is 0 Å². The molecule has 0 radical (unpaired) electrons. The zero-order valence-corrected chi connectivity index (χ0v) is 18.3. The molecule has 4 heteroatoms. The van der Waals surface area contributed by atoms with Gasteiger partial charge in [0.15, 0.2) is 0 Å². The van der Waals surface area contributed by atoms with Gasteiger partial charge < -0.3 is 14.5 Å². The number of carbonyl (C=O) groups is 1. The quantitative estimate of drug-likeness (QED) is 0.718. The van der Waals surface area contributed by atoms with Crippen molar-refractivity contribution < 1.29 is 9.53 Å². The number of hydrogen-bond donors (Lipinski definition) is 0. The Labute approximate surface area is 180 Å². The highest BCUT2D eigenvalue weighted by Gasteiger charge is 2.37. The molecule has 0 bridgehead atoms. The zero-order valence-electron chi connectivity index (χ0n) is 18.3. The molecule has 2 heterocycles. The molecular weight excluding hydrogens is 372 g/mol. The standard InChI is InChI=1S/C26H34N2O2/c1-20-6-10-22(11-7-20)25-19-28(18-23(25)17-27-14-4-3-5-15-27)26(29)16-21-8-12-24(30-2)13-9-21/h6-13,23,25H,3-5,14-19H2,1-2H3/t23-,25-/m1/s1. The largest absolute Gasteiger partial charge is 0.497 e. The number of benzene rings is 2. The normalized spacial score (nSPS) is 22.3. The third-order valence-corrected chi connectivity index (χ3v) is 6.76. The summed E-state index contributed by atoms with van der Waals surface area (Å²) in [7, 11) is 1.66. The number of methoxy groups -OCH3 is 1. The smallest absolute Gasteiger partial charge is 0.227 e. The lowest BCUT2D eigenvalue weighted by Gasteiger charge is -2.31. The molecule has 0 unspecified atom stereocenters. The molecule has 2 aromatic rings. The molecule has 4 rings (SSSR count). The number of likely N-dealkylation sites (tertiary alicyclic amines) is 2. The minimum absolute atomic E-state index is 0.235. The van der Waals surface area contributed by atoms with E-state index in [1.165, 1.54) is 43.5 Å². The van der Waals surface area contributed by atoms with E-state index in [4.69, 9.17) is 4.74 Å². The fraction of sp³-hybridized carbons (Fsp3) is 0.500. The summed E-state index contributed by atoms with van der Waals surface area (Å²) in [5, 5.41) is 0. The molecule has 0 saturated carbocycles. The lowest BCUT2D eigenvalue weighted by atomic mass is 9.88. The van der Waals surface area contributed by atoms with Gasteiger partial charge in [-0.1, -0.05) is 48.4 Å². The summed E-state index contributed by atoms with van der Waals surface area (Å²) >= 11 is 0. The van der Waals surface area contributed by atoms with Gasteiger partial charge in [-0.3, -0.25) is 4.79 Å². The van der Waals surface area contributed by atoms with Gasteiger partial charge in [0.1, 0.15) is 5.75 Å². The first-order valence-corrected chi connectivity index (χ1v) is 11.3. The van der Waals surface area contributed by atoms with Crippen LogP contribution >= 0.6 is 0 Å². The van der Waals surface area contributed by atoms with E-state index < -0.39 is 0 Å². The van der Waals surface area contributed by atoms with Crippen molar-refractivity contribution in [2.45, 2.75) is 38.5 Å². The number of ether oxygens (including phenoxy) is 1. The Morgan fingerprint density at radius 2 is 1.67 bits per heavy atom. The molecule has 0 spiro atoms. The Kier molecular flexibility index (Phi) is 6.73. The van der Waals surface area contributed by atoms with Crippen LogP contribution in [0.5, 0.6) is 5.75 Å². The Bertz CT molecular complexity index is 825. The van der Waals surface area contributed by atoms with Crippen LogP contribution in [0.15, 0.2) is 48.5 Å². The third-order valence-electron chi connectivity index (χ3n) is 6.76. The maximum Gasteiger partial charge on any atom is 0.227 e. The maximum atomic E-state index is 13.1. The molecule has 2 saturated heterocycles. The van der Waals surface area contributed by atoms with Crippen LogP contribution in [-0.2, 0) is 11.2 Å². The van der Waals surface area contributed by atoms with Gasteiger partial charge in [-0.15, -0.1) is 0 Å². The van der Waals surface area contributed by atoms with Gasteiger partial charge in [-0.25, -0.2) is 0 Å². The highest BCUT2D eigenvalue weighted by atomic mass is 16.5. The summed E-state index contributed by atoms with van der Waals surface area (Å²) in [6, 6.07) is 16.8. The van der Waals surface area contributed by atoms with Gasteiger partial charge in [0.2, 0.25) is 5.91 Å². The minimum atomic E-state index is 0.235. The monoisotopic (exact) mass is 406 g/mol. The van der Waals surface area contributed by atoms with Crippen LogP contribution in [0, 0.1) is 12.8 Å². The van der Waals surface area contributed by atoms with Crippen LogP contribution in [0.4, 0.5) is 0 Å². The lowest BCUT2D eigenvalue weighted by molar-refractivity contribution is -0.129. The first kappa shape index (κ1) is 20.9. The predicted octanol–water partition coefficient (Wildman–Crippen LogP) is 4.27. The van der Waals surface area contributed by atoms with Crippen molar-refractivity contribution in [1.29, 1.82) is 0 Å². The van der Waals surface area contributed by atoms with Crippen LogP contribution in [0.25, 0.3) is 0 Å². The van der Waals surface area contributed by atoms with E-state index in [1.807, 2.05) is 24.3 Å². The Morgan fingerprint density at radius 3 is 2.33 bits per heavy atom. The first-order chi connectivity index (χ1) is 14.6. The van der Waals surface area contributed by atoms with E-state index in [2.05, 4.69) is 41.0 Å². The number of aryl methyl sites for hydroxylation is 1. The molecule has 2 atom stereocenters. The molecule has 1 amide bonds. The number of amides is 1. The van der Waals surface area contributed by atoms with Crippen molar-refractivity contribution in [1.82, 2.24) is 9.80 Å². The molecule has 2 fully saturated rings. The van der Waals surface area contributed by atoms with Gasteiger partial charge in [-0.2, -0.15) is 0 Å². The molecule has 2 aliphatic rings. The molecule has 160 valence electrons. The molecule has 0 aliphatic carbocycles. The summed E-state index contributed by atoms with van der Waals surface area (Å²) in [5.41, 5.74) is 3.71. The fourth-order valence-electron chi connectivity index (χ4n) is 4.95. The number of piperidine rings is 1. The van der Waals surface area contributed by atoms with Gasteiger partial charge >= 0.3 is 0 Å². The van der Waals surface area contributed by atoms with Gasteiger partial charge in [0, 0.05) is 25.6 Å². The highest BCUT2D eigenvalue weighted by Crippen LogP contribution is 2.34. The molecule has 2 aromatic carbocycles. The second kappa shape index (κ2) is 9.65. The third kappa shape index (κ3) is 5.04. The summed E-state index contributed by atoms with van der Waals surface area (Å²) in [4.78, 5) is 17.8. The number of nitrogens with zero attached hydrogens (tertiary/aromatic N) is 2. The summed E-state index contributed by atoms with van der Waals surface area (Å²) < 4.78 is 5.23. The lowest BCUT2D eigenvalue weighted by Crippen LogP contribution is -2.37. The Balaban J connectivity index is 1.46. The minimum Gasteiger partial charge on any atom is -0.497 e. The van der Waals surface area contributed by atoms with Crippen molar-refractivity contribution in [3.8, 4) is 5.75 Å². The van der Waals surface area contributed by atoms with E-state index in [9.17, 15) is 4.79 Å². The summed E-state index contributed by atoms with van der Waals surface area (Å²) in [6.07, 6.45) is 4.43. The first-order valence-electron chi connectivity index (χ1n) is 11.3. The second-order valence-electron chi connectivity index (χ2n) is 8.96. The molecule has 2 aliphatic heterocycles. The van der Waals surface area contributed by atoms with Gasteiger partial charge in [0.05, 0.1) is 13.5 Å². The average Bonchev–Trinajstić information content (AvgIpc) is 3.19. The van der Waals surface area contributed by atoms with Crippen LogP contribution in [0.2, 0.25) is 0 Å². The van der Waals surface area contributed by atoms with Crippen LogP contribution in [0.3, 0.4) is 0 Å². The van der Waals surface area contributed by atoms with E-state index in [1.54, 1.807) is 7.11 Å².